The lowest BCUT2D eigenvalue weighted by Gasteiger charge is -2.34. The van der Waals surface area contributed by atoms with E-state index in [-0.39, 0.29) is 0 Å². The van der Waals surface area contributed by atoms with Gasteiger partial charge in [0.1, 0.15) is 0 Å². The summed E-state index contributed by atoms with van der Waals surface area (Å²) in [6.07, 6.45) is 6.61. The van der Waals surface area contributed by atoms with Gasteiger partial charge in [-0.2, -0.15) is 0 Å². The SMILES string of the molecule is C=C(/C=C\C(=C/C)N(c1ccc(C2(c3ccccc3)c3ccccc3-c3ccccc32)cc1)c1cc2ccccc2c2ccccc12)c1ccc2sc3ccccc3c2c1. The molecular formula is C58H41NS. The van der Waals surface area contributed by atoms with E-state index in [4.69, 9.17) is 0 Å². The fourth-order valence-electron chi connectivity index (χ4n) is 9.73. The van der Waals surface area contributed by atoms with Crippen molar-refractivity contribution in [3.05, 3.63) is 259 Å². The van der Waals surface area contributed by atoms with Crippen LogP contribution in [0.3, 0.4) is 0 Å². The average Bonchev–Trinajstić information content (AvgIpc) is 3.84. The molecule has 1 aromatic heterocycles. The minimum absolute atomic E-state index is 0.469. The average molecular weight is 784 g/mol. The first-order valence-electron chi connectivity index (χ1n) is 20.6. The van der Waals surface area contributed by atoms with Crippen molar-refractivity contribution in [1.82, 2.24) is 0 Å². The number of allylic oxidation sites excluding steroid dienone is 4. The van der Waals surface area contributed by atoms with E-state index in [9.17, 15) is 0 Å². The third-order valence-electron chi connectivity index (χ3n) is 12.5. The number of fused-ring (bicyclic) bond motifs is 9. The summed E-state index contributed by atoms with van der Waals surface area (Å²) in [5, 5.41) is 7.45. The topological polar surface area (TPSA) is 3.24 Å². The molecule has 1 aliphatic rings. The maximum atomic E-state index is 4.60. The lowest BCUT2D eigenvalue weighted by atomic mass is 9.68. The van der Waals surface area contributed by atoms with Gasteiger partial charge < -0.3 is 4.90 Å². The predicted molar refractivity (Wildman–Crippen MR) is 259 cm³/mol. The standard InChI is InChI=1S/C58H41NS/c1-3-44(33-29-39(2)40-30-36-57-52(37-40)51-25-13-16-28-56(51)60-57)59(55-38-41-17-7-8-20-46(41)47-21-9-10-24-50(47)55)45-34-31-43(32-35-45)58(42-18-5-4-6-19-42)53-26-14-11-22-48(53)49-23-12-15-27-54(49)58/h3-38H,2H2,1H3/b33-29-,44-3+. The molecule has 0 amide bonds. The molecule has 0 atom stereocenters. The molecule has 0 N–H and O–H groups in total. The zero-order valence-electron chi connectivity index (χ0n) is 33.3. The number of nitrogens with zero attached hydrogens (tertiary/aromatic N) is 1. The van der Waals surface area contributed by atoms with Crippen LogP contribution in [0.4, 0.5) is 11.4 Å². The molecule has 0 bridgehead atoms. The fourth-order valence-corrected chi connectivity index (χ4v) is 10.8. The summed E-state index contributed by atoms with van der Waals surface area (Å²) in [7, 11) is 0. The van der Waals surface area contributed by atoms with Gasteiger partial charge in [0.2, 0.25) is 0 Å². The summed E-state index contributed by atoms with van der Waals surface area (Å²) >= 11 is 1.84. The highest BCUT2D eigenvalue weighted by molar-refractivity contribution is 7.25. The monoisotopic (exact) mass is 783 g/mol. The summed E-state index contributed by atoms with van der Waals surface area (Å²) in [6, 6.07) is 73.5. The Labute approximate surface area is 355 Å². The van der Waals surface area contributed by atoms with Gasteiger partial charge in [0.15, 0.2) is 0 Å². The zero-order valence-corrected chi connectivity index (χ0v) is 34.2. The van der Waals surface area contributed by atoms with Crippen molar-refractivity contribution in [3.63, 3.8) is 0 Å². The van der Waals surface area contributed by atoms with Crippen LogP contribution in [0.5, 0.6) is 0 Å². The van der Waals surface area contributed by atoms with Crippen molar-refractivity contribution in [2.45, 2.75) is 12.3 Å². The fraction of sp³-hybridized carbons (Fsp3) is 0.0345. The minimum Gasteiger partial charge on any atom is -0.310 e. The highest BCUT2D eigenvalue weighted by Crippen LogP contribution is 2.56. The van der Waals surface area contributed by atoms with E-state index in [0.29, 0.717) is 0 Å². The maximum absolute atomic E-state index is 4.60. The lowest BCUT2D eigenvalue weighted by molar-refractivity contribution is 0.768. The summed E-state index contributed by atoms with van der Waals surface area (Å²) in [5.41, 5.74) is 12.6. The molecule has 1 nitrogen and oxygen atoms in total. The van der Waals surface area contributed by atoms with Gasteiger partial charge in [-0.05, 0) is 110 Å². The number of hydrogen-bond donors (Lipinski definition) is 0. The van der Waals surface area contributed by atoms with E-state index in [1.165, 1.54) is 75.1 Å². The van der Waals surface area contributed by atoms with Crippen LogP contribution in [-0.2, 0) is 5.41 Å². The van der Waals surface area contributed by atoms with Crippen LogP contribution in [0.15, 0.2) is 231 Å². The number of rotatable bonds is 8. The Bertz CT molecular complexity index is 3300. The summed E-state index contributed by atoms with van der Waals surface area (Å²) in [5.74, 6) is 0. The first-order valence-corrected chi connectivity index (χ1v) is 21.5. The molecular weight excluding hydrogens is 743 g/mol. The molecule has 9 aromatic carbocycles. The van der Waals surface area contributed by atoms with Gasteiger partial charge in [-0.1, -0.05) is 183 Å². The Balaban J connectivity index is 1.07. The first-order chi connectivity index (χ1) is 29.6. The second-order valence-corrected chi connectivity index (χ2v) is 16.7. The Morgan fingerprint density at radius 2 is 1.08 bits per heavy atom. The number of anilines is 2. The third kappa shape index (κ3) is 5.60. The van der Waals surface area contributed by atoms with Crippen molar-refractivity contribution >= 4 is 70.0 Å². The van der Waals surface area contributed by atoms with Gasteiger partial charge >= 0.3 is 0 Å². The van der Waals surface area contributed by atoms with Crippen LogP contribution in [0.2, 0.25) is 0 Å². The Morgan fingerprint density at radius 3 is 1.82 bits per heavy atom. The largest absolute Gasteiger partial charge is 0.310 e. The highest BCUT2D eigenvalue weighted by Gasteiger charge is 2.45. The Kier molecular flexibility index (Phi) is 8.69. The van der Waals surface area contributed by atoms with E-state index in [1.54, 1.807) is 0 Å². The zero-order chi connectivity index (χ0) is 40.2. The summed E-state index contributed by atoms with van der Waals surface area (Å²) < 4.78 is 2.60. The van der Waals surface area contributed by atoms with E-state index < -0.39 is 5.41 Å². The molecule has 0 radical (unpaired) electrons. The molecule has 60 heavy (non-hydrogen) atoms. The molecule has 284 valence electrons. The lowest BCUT2D eigenvalue weighted by Crippen LogP contribution is -2.28. The number of hydrogen-bond acceptors (Lipinski definition) is 2. The summed E-state index contributed by atoms with van der Waals surface area (Å²) in [6.45, 7) is 6.73. The van der Waals surface area contributed by atoms with Crippen molar-refractivity contribution in [1.29, 1.82) is 0 Å². The molecule has 0 saturated carbocycles. The minimum atomic E-state index is -0.469. The van der Waals surface area contributed by atoms with Crippen LogP contribution < -0.4 is 4.90 Å². The van der Waals surface area contributed by atoms with Gasteiger partial charge in [0.05, 0.1) is 11.1 Å². The highest BCUT2D eigenvalue weighted by atomic mass is 32.1. The van der Waals surface area contributed by atoms with Gasteiger partial charge in [-0.25, -0.2) is 0 Å². The predicted octanol–water partition coefficient (Wildman–Crippen LogP) is 16.0. The Hall–Kier alpha value is -7.26. The van der Waals surface area contributed by atoms with E-state index >= 15 is 0 Å². The molecule has 0 aliphatic heterocycles. The number of benzene rings is 9. The van der Waals surface area contributed by atoms with Crippen LogP contribution in [-0.4, -0.2) is 0 Å². The first kappa shape index (κ1) is 35.9. The van der Waals surface area contributed by atoms with Gasteiger partial charge in [-0.15, -0.1) is 11.3 Å². The van der Waals surface area contributed by atoms with E-state index in [1.807, 2.05) is 11.3 Å². The van der Waals surface area contributed by atoms with Gasteiger partial charge in [0, 0.05) is 36.9 Å². The quantitative estimate of drug-likeness (QED) is 0.110. The molecule has 1 heterocycles. The molecule has 2 heteroatoms. The number of thiophene rings is 1. The normalized spacial score (nSPS) is 13.3. The molecule has 0 unspecified atom stereocenters. The van der Waals surface area contributed by atoms with Crippen LogP contribution in [0.1, 0.15) is 34.7 Å². The van der Waals surface area contributed by atoms with Crippen LogP contribution in [0.25, 0.3) is 58.4 Å². The second-order valence-electron chi connectivity index (χ2n) is 15.6. The van der Waals surface area contributed by atoms with E-state index in [0.717, 1.165) is 28.2 Å². The summed E-state index contributed by atoms with van der Waals surface area (Å²) in [4.78, 5) is 2.42. The molecule has 0 saturated heterocycles. The molecule has 0 spiro atoms. The van der Waals surface area contributed by atoms with Crippen LogP contribution >= 0.6 is 11.3 Å². The third-order valence-corrected chi connectivity index (χ3v) is 13.6. The van der Waals surface area contributed by atoms with Crippen molar-refractivity contribution in [2.75, 3.05) is 4.90 Å². The van der Waals surface area contributed by atoms with Crippen molar-refractivity contribution in [3.8, 4) is 11.1 Å². The smallest absolute Gasteiger partial charge is 0.0713 e. The Morgan fingerprint density at radius 1 is 0.500 bits per heavy atom. The van der Waals surface area contributed by atoms with E-state index in [2.05, 4.69) is 237 Å². The molecule has 10 aromatic rings. The molecule has 11 rings (SSSR count). The molecule has 1 aliphatic carbocycles. The maximum Gasteiger partial charge on any atom is 0.0713 e. The van der Waals surface area contributed by atoms with Gasteiger partial charge in [-0.3, -0.25) is 0 Å². The van der Waals surface area contributed by atoms with Crippen LogP contribution in [0, 0.1) is 0 Å². The van der Waals surface area contributed by atoms with Gasteiger partial charge in [0.25, 0.3) is 0 Å². The molecule has 0 fully saturated rings. The van der Waals surface area contributed by atoms with Crippen molar-refractivity contribution in [2.24, 2.45) is 0 Å². The van der Waals surface area contributed by atoms with Crippen molar-refractivity contribution < 1.29 is 0 Å². The second kappa shape index (κ2) is 14.5.